The van der Waals surface area contributed by atoms with Crippen LogP contribution in [-0.2, 0) is 11.3 Å². The van der Waals surface area contributed by atoms with Gasteiger partial charge in [0.1, 0.15) is 17.1 Å². The monoisotopic (exact) mass is 497 g/mol. The third kappa shape index (κ3) is 4.22. The second kappa shape index (κ2) is 9.22. The first-order valence-electron chi connectivity index (χ1n) is 12.2. The average molecular weight is 498 g/mol. The zero-order chi connectivity index (χ0) is 25.6. The van der Waals surface area contributed by atoms with Gasteiger partial charge in [0.25, 0.3) is 5.91 Å². The summed E-state index contributed by atoms with van der Waals surface area (Å²) in [4.78, 5) is 23.6. The number of aromatic nitrogens is 3. The van der Waals surface area contributed by atoms with Gasteiger partial charge in [-0.05, 0) is 13.8 Å². The van der Waals surface area contributed by atoms with Crippen molar-refractivity contribution in [3.05, 3.63) is 23.8 Å². The summed E-state index contributed by atoms with van der Waals surface area (Å²) in [6.07, 6.45) is 2.63. The Morgan fingerprint density at radius 3 is 2.61 bits per heavy atom. The largest absolute Gasteiger partial charge is 0.381 e. The van der Waals surface area contributed by atoms with Crippen LogP contribution in [-0.4, -0.2) is 84.6 Å². The summed E-state index contributed by atoms with van der Waals surface area (Å²) in [5.74, 6) is -0.280. The summed E-state index contributed by atoms with van der Waals surface area (Å²) >= 11 is 0. The van der Waals surface area contributed by atoms with Gasteiger partial charge in [0.15, 0.2) is 11.6 Å². The van der Waals surface area contributed by atoms with E-state index in [1.807, 2.05) is 30.7 Å². The van der Waals surface area contributed by atoms with Gasteiger partial charge in [-0.1, -0.05) is 0 Å². The molecule has 0 radical (unpaired) electrons. The number of pyridine rings is 1. The number of hydrogen-bond donors (Lipinski definition) is 2. The number of piperazine rings is 1. The number of nitrogens with zero attached hydrogens (tertiary/aromatic N) is 7. The lowest BCUT2D eigenvalue weighted by molar-refractivity contribution is -0.0660. The van der Waals surface area contributed by atoms with Crippen LogP contribution in [0.15, 0.2) is 12.4 Å². The van der Waals surface area contributed by atoms with E-state index in [2.05, 4.69) is 26.4 Å². The molecule has 1 unspecified atom stereocenters. The zero-order valence-corrected chi connectivity index (χ0v) is 20.9. The van der Waals surface area contributed by atoms with Crippen LogP contribution in [0, 0.1) is 28.5 Å². The zero-order valence-electron chi connectivity index (χ0n) is 20.9. The maximum absolute atomic E-state index is 15.0. The van der Waals surface area contributed by atoms with Gasteiger partial charge in [-0.15, -0.1) is 0 Å². The average Bonchev–Trinajstić information content (AvgIpc) is 3.15. The third-order valence-corrected chi connectivity index (χ3v) is 7.63. The number of hydrogen-bond acceptors (Lipinski definition) is 9. The number of carbonyl (C=O) groups is 1. The van der Waals surface area contributed by atoms with E-state index in [-0.39, 0.29) is 17.3 Å². The van der Waals surface area contributed by atoms with Gasteiger partial charge >= 0.3 is 0 Å². The molecule has 1 atom stereocenters. The Labute approximate surface area is 209 Å². The first kappa shape index (κ1) is 24.3. The van der Waals surface area contributed by atoms with Gasteiger partial charge in [0, 0.05) is 52.2 Å². The van der Waals surface area contributed by atoms with Crippen LogP contribution in [0.1, 0.15) is 24.2 Å². The summed E-state index contributed by atoms with van der Waals surface area (Å²) in [6, 6.07) is 2.79. The number of nitrogens with one attached hydrogen (secondary N) is 1. The number of nitrogens with two attached hydrogens (primary N) is 1. The molecule has 2 aromatic heterocycles. The molecule has 0 aromatic carbocycles. The SMILES string of the molecule is CN1CC(C(C)(C)C#N)Cn2nc(N)c(C(=O)Nc3cncc(F)c3N3CCN(C4COC4)CC3)c21. The lowest BCUT2D eigenvalue weighted by Gasteiger charge is -2.43. The van der Waals surface area contributed by atoms with Crippen molar-refractivity contribution >= 4 is 28.9 Å². The van der Waals surface area contributed by atoms with Gasteiger partial charge in [0.2, 0.25) is 0 Å². The van der Waals surface area contributed by atoms with Crippen molar-refractivity contribution in [3.8, 4) is 6.07 Å². The van der Waals surface area contributed by atoms with Crippen molar-refractivity contribution < 1.29 is 13.9 Å². The van der Waals surface area contributed by atoms with Crippen molar-refractivity contribution in [3.63, 3.8) is 0 Å². The van der Waals surface area contributed by atoms with Crippen molar-refractivity contribution in [2.75, 3.05) is 73.8 Å². The predicted octanol–water partition coefficient (Wildman–Crippen LogP) is 1.39. The number of fused-ring (bicyclic) bond motifs is 1. The molecule has 3 aliphatic rings. The van der Waals surface area contributed by atoms with Crippen LogP contribution in [0.2, 0.25) is 0 Å². The van der Waals surface area contributed by atoms with Crippen LogP contribution in [0.5, 0.6) is 0 Å². The lowest BCUT2D eigenvalue weighted by atomic mass is 9.79. The normalized spacial score (nSPS) is 21.0. The highest BCUT2D eigenvalue weighted by molar-refractivity contribution is 6.12. The second-order valence-electron chi connectivity index (χ2n) is 10.4. The highest BCUT2D eigenvalue weighted by atomic mass is 19.1. The van der Waals surface area contributed by atoms with E-state index in [1.165, 1.54) is 6.20 Å². The van der Waals surface area contributed by atoms with Crippen molar-refractivity contribution in [2.24, 2.45) is 11.3 Å². The van der Waals surface area contributed by atoms with E-state index in [9.17, 15) is 14.4 Å². The molecule has 0 spiro atoms. The Morgan fingerprint density at radius 1 is 1.25 bits per heavy atom. The van der Waals surface area contributed by atoms with E-state index < -0.39 is 17.1 Å². The molecule has 0 aliphatic carbocycles. The van der Waals surface area contributed by atoms with E-state index in [0.717, 1.165) is 32.5 Å². The number of nitriles is 1. The number of ether oxygens (including phenoxy) is 1. The maximum Gasteiger partial charge on any atom is 0.263 e. The number of carbonyl (C=O) groups excluding carboxylic acids is 1. The first-order valence-corrected chi connectivity index (χ1v) is 12.2. The predicted molar refractivity (Wildman–Crippen MR) is 133 cm³/mol. The second-order valence-corrected chi connectivity index (χ2v) is 10.4. The van der Waals surface area contributed by atoms with E-state index in [1.54, 1.807) is 4.68 Å². The van der Waals surface area contributed by atoms with Crippen LogP contribution in [0.4, 0.5) is 27.4 Å². The molecule has 5 heterocycles. The molecule has 11 nitrogen and oxygen atoms in total. The van der Waals surface area contributed by atoms with Crippen LogP contribution >= 0.6 is 0 Å². The molecule has 2 saturated heterocycles. The summed E-state index contributed by atoms with van der Waals surface area (Å²) in [5.41, 5.74) is 6.49. The molecular formula is C24H32FN9O2. The van der Waals surface area contributed by atoms with E-state index in [0.29, 0.717) is 49.4 Å². The fraction of sp³-hybridized carbons (Fsp3) is 0.583. The molecule has 3 aliphatic heterocycles. The number of nitrogen functional groups attached to an aromatic ring is 1. The molecule has 1 amide bonds. The van der Waals surface area contributed by atoms with Gasteiger partial charge in [-0.25, -0.2) is 9.07 Å². The Hall–Kier alpha value is -3.43. The number of anilines is 4. The molecule has 192 valence electrons. The molecule has 12 heteroatoms. The minimum absolute atomic E-state index is 0.0133. The smallest absolute Gasteiger partial charge is 0.263 e. The van der Waals surface area contributed by atoms with Crippen LogP contribution < -0.4 is 20.9 Å². The summed E-state index contributed by atoms with van der Waals surface area (Å²) in [6.45, 7) is 9.17. The van der Waals surface area contributed by atoms with Crippen molar-refractivity contribution in [1.29, 1.82) is 5.26 Å². The Morgan fingerprint density at radius 2 is 1.97 bits per heavy atom. The minimum atomic E-state index is -0.563. The number of amides is 1. The molecule has 5 rings (SSSR count). The Balaban J connectivity index is 1.37. The molecule has 36 heavy (non-hydrogen) atoms. The van der Waals surface area contributed by atoms with Crippen molar-refractivity contribution in [2.45, 2.75) is 26.4 Å². The summed E-state index contributed by atoms with van der Waals surface area (Å²) in [7, 11) is 1.85. The molecule has 2 aromatic rings. The van der Waals surface area contributed by atoms with Gasteiger partial charge in [-0.3, -0.25) is 14.7 Å². The third-order valence-electron chi connectivity index (χ3n) is 7.63. The van der Waals surface area contributed by atoms with Crippen molar-refractivity contribution in [1.82, 2.24) is 19.7 Å². The van der Waals surface area contributed by atoms with E-state index in [4.69, 9.17) is 10.5 Å². The molecule has 0 bridgehead atoms. The molecule has 2 fully saturated rings. The Bertz CT molecular complexity index is 1190. The lowest BCUT2D eigenvalue weighted by Crippen LogP contribution is -2.56. The molecule has 3 N–H and O–H groups in total. The Kier molecular flexibility index (Phi) is 6.22. The van der Waals surface area contributed by atoms with Gasteiger partial charge < -0.3 is 25.6 Å². The fourth-order valence-corrected chi connectivity index (χ4v) is 5.21. The van der Waals surface area contributed by atoms with Gasteiger partial charge in [-0.2, -0.15) is 10.4 Å². The quantitative estimate of drug-likeness (QED) is 0.630. The fourth-order valence-electron chi connectivity index (χ4n) is 5.21. The summed E-state index contributed by atoms with van der Waals surface area (Å²) < 4.78 is 22.0. The van der Waals surface area contributed by atoms with Crippen LogP contribution in [0.25, 0.3) is 0 Å². The van der Waals surface area contributed by atoms with Crippen LogP contribution in [0.3, 0.4) is 0 Å². The first-order chi connectivity index (χ1) is 17.2. The minimum Gasteiger partial charge on any atom is -0.381 e. The highest BCUT2D eigenvalue weighted by Crippen LogP contribution is 2.38. The van der Waals surface area contributed by atoms with Gasteiger partial charge in [0.05, 0.1) is 48.8 Å². The topological polar surface area (TPSA) is 129 Å². The summed E-state index contributed by atoms with van der Waals surface area (Å²) in [5, 5.41) is 16.8. The maximum atomic E-state index is 15.0. The number of halogens is 1. The molecule has 0 saturated carbocycles. The standard InChI is InChI=1S/C24H32FN9O2/c1-24(2,14-26)15-10-31(3)23-19(21(27)30-34(23)11-15)22(35)29-18-9-28-8-17(25)20(18)33-6-4-32(5-7-33)16-12-36-13-16/h8-9,15-16H,4-7,10-13H2,1-3H3,(H2,27,30)(H,29,35). The number of rotatable bonds is 5. The van der Waals surface area contributed by atoms with E-state index >= 15 is 0 Å². The highest BCUT2D eigenvalue weighted by Gasteiger charge is 2.38. The molecular weight excluding hydrogens is 465 g/mol.